The number of carbonyl (C=O) groups is 2. The number of nitrogens with one attached hydrogen (secondary N) is 1. The number of nitrogens with zero attached hydrogens (tertiary/aromatic N) is 1. The highest BCUT2D eigenvalue weighted by Crippen LogP contribution is 2.20. The van der Waals surface area contributed by atoms with Crippen molar-refractivity contribution in [3.63, 3.8) is 0 Å². The fourth-order valence-electron chi connectivity index (χ4n) is 2.50. The number of urea groups is 1. The SMILES string of the molecule is COC1CC(C(=O)O)N(C(=O)NCC2CCOC2)C1. The standard InChI is InChI=1S/C12H20N2O5/c1-18-9-4-10(11(15)16)14(6-9)12(17)13-5-8-2-3-19-7-8/h8-10H,2-7H2,1H3,(H,13,17)(H,15,16). The summed E-state index contributed by atoms with van der Waals surface area (Å²) >= 11 is 0. The zero-order valence-electron chi connectivity index (χ0n) is 11.0. The molecule has 0 saturated carbocycles. The smallest absolute Gasteiger partial charge is 0.326 e. The molecule has 3 atom stereocenters. The summed E-state index contributed by atoms with van der Waals surface area (Å²) in [6.07, 6.45) is 1.07. The predicted octanol–water partition coefficient (Wildman–Crippen LogP) is -0.0936. The van der Waals surface area contributed by atoms with Crippen molar-refractivity contribution in [3.05, 3.63) is 0 Å². The Morgan fingerprint density at radius 3 is 2.89 bits per heavy atom. The van der Waals surface area contributed by atoms with E-state index in [0.29, 0.717) is 32.0 Å². The number of carboxylic acid groups (broad SMARTS) is 1. The van der Waals surface area contributed by atoms with E-state index in [0.717, 1.165) is 13.0 Å². The third-order valence-electron chi connectivity index (χ3n) is 3.71. The van der Waals surface area contributed by atoms with Gasteiger partial charge in [-0.15, -0.1) is 0 Å². The summed E-state index contributed by atoms with van der Waals surface area (Å²) in [6.45, 7) is 2.23. The number of likely N-dealkylation sites (tertiary alicyclic amines) is 1. The first-order chi connectivity index (χ1) is 9.11. The zero-order valence-corrected chi connectivity index (χ0v) is 11.0. The van der Waals surface area contributed by atoms with E-state index in [2.05, 4.69) is 5.32 Å². The van der Waals surface area contributed by atoms with Crippen LogP contribution in [0.1, 0.15) is 12.8 Å². The van der Waals surface area contributed by atoms with Crippen LogP contribution < -0.4 is 5.32 Å². The Morgan fingerprint density at radius 1 is 1.53 bits per heavy atom. The Balaban J connectivity index is 1.87. The molecule has 0 aromatic carbocycles. The molecule has 2 fully saturated rings. The molecule has 2 N–H and O–H groups in total. The molecular weight excluding hydrogens is 252 g/mol. The first-order valence-electron chi connectivity index (χ1n) is 6.49. The van der Waals surface area contributed by atoms with Gasteiger partial charge in [0.25, 0.3) is 0 Å². The quantitative estimate of drug-likeness (QED) is 0.746. The molecule has 2 aliphatic heterocycles. The highest BCUT2D eigenvalue weighted by atomic mass is 16.5. The molecule has 2 aliphatic rings. The topological polar surface area (TPSA) is 88.1 Å². The molecule has 19 heavy (non-hydrogen) atoms. The number of carboxylic acids is 1. The molecule has 7 nitrogen and oxygen atoms in total. The van der Waals surface area contributed by atoms with Crippen LogP contribution in [0.4, 0.5) is 4.79 Å². The molecule has 0 aromatic rings. The lowest BCUT2D eigenvalue weighted by Crippen LogP contribution is -2.47. The normalized spacial score (nSPS) is 30.6. The van der Waals surface area contributed by atoms with Gasteiger partial charge in [-0.3, -0.25) is 0 Å². The molecule has 0 spiro atoms. The van der Waals surface area contributed by atoms with Crippen molar-refractivity contribution >= 4 is 12.0 Å². The van der Waals surface area contributed by atoms with Crippen LogP contribution in [0.15, 0.2) is 0 Å². The van der Waals surface area contributed by atoms with Gasteiger partial charge in [0.1, 0.15) is 6.04 Å². The van der Waals surface area contributed by atoms with E-state index in [9.17, 15) is 9.59 Å². The van der Waals surface area contributed by atoms with Crippen LogP contribution >= 0.6 is 0 Å². The third-order valence-corrected chi connectivity index (χ3v) is 3.71. The number of hydrogen-bond acceptors (Lipinski definition) is 4. The van der Waals surface area contributed by atoms with Crippen LogP contribution in [0.25, 0.3) is 0 Å². The maximum Gasteiger partial charge on any atom is 0.326 e. The summed E-state index contributed by atoms with van der Waals surface area (Å²) in [7, 11) is 1.53. The summed E-state index contributed by atoms with van der Waals surface area (Å²) in [5, 5.41) is 11.9. The first kappa shape index (κ1) is 14.1. The maximum absolute atomic E-state index is 12.0. The largest absolute Gasteiger partial charge is 0.480 e. The van der Waals surface area contributed by atoms with Gasteiger partial charge in [-0.05, 0) is 6.42 Å². The van der Waals surface area contributed by atoms with E-state index in [1.807, 2.05) is 0 Å². The minimum absolute atomic E-state index is 0.207. The van der Waals surface area contributed by atoms with Crippen LogP contribution in [0.3, 0.4) is 0 Å². The maximum atomic E-state index is 12.0. The Kier molecular flexibility index (Phi) is 4.60. The number of aliphatic carboxylic acids is 1. The fourth-order valence-corrected chi connectivity index (χ4v) is 2.50. The minimum atomic E-state index is -0.987. The van der Waals surface area contributed by atoms with E-state index < -0.39 is 12.0 Å². The lowest BCUT2D eigenvalue weighted by molar-refractivity contribution is -0.141. The number of ether oxygens (including phenoxy) is 2. The molecule has 2 heterocycles. The van der Waals surface area contributed by atoms with Gasteiger partial charge in [0, 0.05) is 39.1 Å². The second kappa shape index (κ2) is 6.21. The monoisotopic (exact) mass is 272 g/mol. The van der Waals surface area contributed by atoms with Crippen LogP contribution in [-0.4, -0.2) is 67.6 Å². The second-order valence-electron chi connectivity index (χ2n) is 5.02. The van der Waals surface area contributed by atoms with Crippen LogP contribution in [0.2, 0.25) is 0 Å². The van der Waals surface area contributed by atoms with E-state index in [-0.39, 0.29) is 12.1 Å². The second-order valence-corrected chi connectivity index (χ2v) is 5.02. The number of amides is 2. The third kappa shape index (κ3) is 3.36. The molecule has 0 aliphatic carbocycles. The number of rotatable bonds is 4. The summed E-state index contributed by atoms with van der Waals surface area (Å²) in [6, 6.07) is -1.14. The number of carbonyl (C=O) groups excluding carboxylic acids is 1. The zero-order chi connectivity index (χ0) is 13.8. The predicted molar refractivity (Wildman–Crippen MR) is 65.9 cm³/mol. The van der Waals surface area contributed by atoms with Gasteiger partial charge in [0.05, 0.1) is 12.7 Å². The van der Waals surface area contributed by atoms with Crippen molar-refractivity contribution in [1.29, 1.82) is 0 Å². The molecule has 2 rings (SSSR count). The van der Waals surface area contributed by atoms with Crippen molar-refractivity contribution in [2.45, 2.75) is 25.0 Å². The molecule has 2 saturated heterocycles. The number of hydrogen-bond donors (Lipinski definition) is 2. The average Bonchev–Trinajstić information content (AvgIpc) is 3.04. The van der Waals surface area contributed by atoms with Crippen LogP contribution in [0, 0.1) is 5.92 Å². The van der Waals surface area contributed by atoms with Gasteiger partial charge in [-0.2, -0.15) is 0 Å². The molecule has 0 bridgehead atoms. The highest BCUT2D eigenvalue weighted by molar-refractivity contribution is 5.83. The fraction of sp³-hybridized carbons (Fsp3) is 0.833. The Labute approximate surface area is 111 Å². The van der Waals surface area contributed by atoms with Gasteiger partial charge in [0.15, 0.2) is 0 Å². The Hall–Kier alpha value is -1.34. The van der Waals surface area contributed by atoms with Gasteiger partial charge >= 0.3 is 12.0 Å². The molecule has 7 heteroatoms. The highest BCUT2D eigenvalue weighted by Gasteiger charge is 2.39. The Morgan fingerprint density at radius 2 is 2.32 bits per heavy atom. The van der Waals surface area contributed by atoms with Crippen LogP contribution in [-0.2, 0) is 14.3 Å². The van der Waals surface area contributed by atoms with E-state index >= 15 is 0 Å². The molecular formula is C12H20N2O5. The lowest BCUT2D eigenvalue weighted by atomic mass is 10.1. The average molecular weight is 272 g/mol. The summed E-state index contributed by atoms with van der Waals surface area (Å²) in [4.78, 5) is 24.5. The lowest BCUT2D eigenvalue weighted by Gasteiger charge is -2.22. The molecule has 3 unspecified atom stereocenters. The van der Waals surface area contributed by atoms with Gasteiger partial charge < -0.3 is 24.8 Å². The van der Waals surface area contributed by atoms with E-state index in [1.54, 1.807) is 0 Å². The van der Waals surface area contributed by atoms with Crippen LogP contribution in [0.5, 0.6) is 0 Å². The van der Waals surface area contributed by atoms with Crippen molar-refractivity contribution in [2.24, 2.45) is 5.92 Å². The molecule has 0 radical (unpaired) electrons. The van der Waals surface area contributed by atoms with Crippen molar-refractivity contribution in [1.82, 2.24) is 10.2 Å². The summed E-state index contributed by atoms with van der Waals surface area (Å²) in [5.41, 5.74) is 0. The van der Waals surface area contributed by atoms with Gasteiger partial charge in [0.2, 0.25) is 0 Å². The summed E-state index contributed by atoms with van der Waals surface area (Å²) < 4.78 is 10.4. The molecule has 108 valence electrons. The first-order valence-corrected chi connectivity index (χ1v) is 6.49. The minimum Gasteiger partial charge on any atom is -0.480 e. The molecule has 0 aromatic heterocycles. The number of methoxy groups -OCH3 is 1. The van der Waals surface area contributed by atoms with Crippen molar-refractivity contribution < 1.29 is 24.2 Å². The van der Waals surface area contributed by atoms with E-state index in [4.69, 9.17) is 14.6 Å². The molecule has 2 amide bonds. The van der Waals surface area contributed by atoms with Crippen molar-refractivity contribution in [2.75, 3.05) is 33.4 Å². The van der Waals surface area contributed by atoms with Gasteiger partial charge in [-0.1, -0.05) is 0 Å². The van der Waals surface area contributed by atoms with Crippen molar-refractivity contribution in [3.8, 4) is 0 Å². The van der Waals surface area contributed by atoms with E-state index in [1.165, 1.54) is 12.0 Å². The summed E-state index contributed by atoms with van der Waals surface area (Å²) in [5.74, 6) is -0.660. The van der Waals surface area contributed by atoms with Gasteiger partial charge in [-0.25, -0.2) is 9.59 Å². The Bertz CT molecular complexity index is 343.